The van der Waals surface area contributed by atoms with Crippen LogP contribution in [0.1, 0.15) is 31.7 Å². The fraction of sp³-hybridized carbons (Fsp3) is 0.600. The lowest BCUT2D eigenvalue weighted by Gasteiger charge is -2.07. The number of hydrogen-bond acceptors (Lipinski definition) is 3. The maximum atomic E-state index is 5.82. The standard InChI is InChI=1S/C10H17N3/c1-3-9(11)5-8-6-12-10(4-2)13-7-8/h6-7,9H,3-5,11H2,1-2H3. The van der Waals surface area contributed by atoms with E-state index in [1.54, 1.807) is 0 Å². The van der Waals surface area contributed by atoms with Crippen molar-refractivity contribution in [3.05, 3.63) is 23.8 Å². The quantitative estimate of drug-likeness (QED) is 0.758. The monoisotopic (exact) mass is 179 g/mol. The molecular formula is C10H17N3. The fourth-order valence-electron chi connectivity index (χ4n) is 1.12. The lowest BCUT2D eigenvalue weighted by Crippen LogP contribution is -2.21. The minimum absolute atomic E-state index is 0.232. The molecule has 1 unspecified atom stereocenters. The number of nitrogens with two attached hydrogens (primary N) is 1. The zero-order chi connectivity index (χ0) is 9.68. The average molecular weight is 179 g/mol. The van der Waals surface area contributed by atoms with Crippen LogP contribution in [0.5, 0.6) is 0 Å². The molecule has 3 nitrogen and oxygen atoms in total. The van der Waals surface area contributed by atoms with Gasteiger partial charge >= 0.3 is 0 Å². The summed E-state index contributed by atoms with van der Waals surface area (Å²) in [6.07, 6.45) is 6.51. The van der Waals surface area contributed by atoms with Crippen LogP contribution in [-0.2, 0) is 12.8 Å². The molecule has 0 aliphatic heterocycles. The number of nitrogens with zero attached hydrogens (tertiary/aromatic N) is 2. The smallest absolute Gasteiger partial charge is 0.127 e. The van der Waals surface area contributed by atoms with E-state index in [1.807, 2.05) is 19.3 Å². The van der Waals surface area contributed by atoms with Crippen molar-refractivity contribution in [1.29, 1.82) is 0 Å². The van der Waals surface area contributed by atoms with E-state index in [2.05, 4.69) is 16.9 Å². The molecule has 2 N–H and O–H groups in total. The molecule has 0 saturated heterocycles. The third-order valence-corrected chi connectivity index (χ3v) is 2.10. The lowest BCUT2D eigenvalue weighted by atomic mass is 10.1. The first-order valence-electron chi connectivity index (χ1n) is 4.81. The van der Waals surface area contributed by atoms with Gasteiger partial charge in [0.05, 0.1) is 0 Å². The first-order chi connectivity index (χ1) is 6.26. The van der Waals surface area contributed by atoms with Crippen LogP contribution < -0.4 is 5.73 Å². The molecular weight excluding hydrogens is 162 g/mol. The highest BCUT2D eigenvalue weighted by molar-refractivity contribution is 5.06. The van der Waals surface area contributed by atoms with Crippen molar-refractivity contribution in [2.45, 2.75) is 39.2 Å². The van der Waals surface area contributed by atoms with Gasteiger partial charge in [0.1, 0.15) is 5.82 Å². The van der Waals surface area contributed by atoms with Gasteiger partial charge in [-0.3, -0.25) is 0 Å². The topological polar surface area (TPSA) is 51.8 Å². The number of aryl methyl sites for hydroxylation is 1. The molecule has 13 heavy (non-hydrogen) atoms. The predicted molar refractivity (Wildman–Crippen MR) is 53.4 cm³/mol. The molecule has 0 aliphatic carbocycles. The maximum Gasteiger partial charge on any atom is 0.127 e. The molecule has 0 bridgehead atoms. The highest BCUT2D eigenvalue weighted by Crippen LogP contribution is 2.02. The summed E-state index contributed by atoms with van der Waals surface area (Å²) in [5.74, 6) is 0.897. The van der Waals surface area contributed by atoms with E-state index < -0.39 is 0 Å². The molecule has 72 valence electrons. The second-order valence-electron chi connectivity index (χ2n) is 3.23. The van der Waals surface area contributed by atoms with Crippen LogP contribution in [0.15, 0.2) is 12.4 Å². The third kappa shape index (κ3) is 3.11. The second kappa shape index (κ2) is 4.92. The summed E-state index contributed by atoms with van der Waals surface area (Å²) in [6, 6.07) is 0.232. The zero-order valence-electron chi connectivity index (χ0n) is 8.33. The Kier molecular flexibility index (Phi) is 3.83. The molecule has 0 amide bonds. The highest BCUT2D eigenvalue weighted by atomic mass is 14.9. The van der Waals surface area contributed by atoms with Gasteiger partial charge in [-0.05, 0) is 18.4 Å². The fourth-order valence-corrected chi connectivity index (χ4v) is 1.12. The molecule has 1 atom stereocenters. The van der Waals surface area contributed by atoms with Crippen LogP contribution in [0.25, 0.3) is 0 Å². The van der Waals surface area contributed by atoms with Gasteiger partial charge in [0.25, 0.3) is 0 Å². The third-order valence-electron chi connectivity index (χ3n) is 2.10. The van der Waals surface area contributed by atoms with E-state index in [1.165, 1.54) is 0 Å². The molecule has 3 heteroatoms. The average Bonchev–Trinajstić information content (AvgIpc) is 2.19. The molecule has 1 rings (SSSR count). The predicted octanol–water partition coefficient (Wildman–Crippen LogP) is 1.32. The van der Waals surface area contributed by atoms with Gasteiger partial charge in [-0.15, -0.1) is 0 Å². The van der Waals surface area contributed by atoms with Crippen LogP contribution in [0.2, 0.25) is 0 Å². The molecule has 0 saturated carbocycles. The Bertz CT molecular complexity index is 243. The van der Waals surface area contributed by atoms with E-state index >= 15 is 0 Å². The van der Waals surface area contributed by atoms with Gasteiger partial charge < -0.3 is 5.73 Å². The number of hydrogen-bond donors (Lipinski definition) is 1. The molecule has 0 spiro atoms. The Morgan fingerprint density at radius 1 is 1.31 bits per heavy atom. The van der Waals surface area contributed by atoms with Gasteiger partial charge in [0, 0.05) is 24.9 Å². The van der Waals surface area contributed by atoms with Crippen LogP contribution in [0, 0.1) is 0 Å². The largest absolute Gasteiger partial charge is 0.327 e. The molecule has 0 aromatic carbocycles. The Morgan fingerprint density at radius 2 is 1.92 bits per heavy atom. The van der Waals surface area contributed by atoms with Crippen LogP contribution >= 0.6 is 0 Å². The summed E-state index contributed by atoms with van der Waals surface area (Å²) in [5.41, 5.74) is 6.95. The van der Waals surface area contributed by atoms with Crippen LogP contribution in [0.3, 0.4) is 0 Å². The van der Waals surface area contributed by atoms with E-state index in [0.717, 1.165) is 30.7 Å². The van der Waals surface area contributed by atoms with Crippen molar-refractivity contribution in [3.8, 4) is 0 Å². The van der Waals surface area contributed by atoms with Crippen molar-refractivity contribution < 1.29 is 0 Å². The van der Waals surface area contributed by atoms with Crippen molar-refractivity contribution in [2.75, 3.05) is 0 Å². The maximum absolute atomic E-state index is 5.82. The van der Waals surface area contributed by atoms with E-state index in [-0.39, 0.29) is 6.04 Å². The van der Waals surface area contributed by atoms with Gasteiger partial charge in [-0.1, -0.05) is 13.8 Å². The molecule has 1 heterocycles. The van der Waals surface area contributed by atoms with E-state index in [0.29, 0.717) is 0 Å². The van der Waals surface area contributed by atoms with Crippen molar-refractivity contribution in [1.82, 2.24) is 9.97 Å². The Labute approximate surface area is 79.4 Å². The summed E-state index contributed by atoms with van der Waals surface area (Å²) >= 11 is 0. The molecule has 1 aromatic heterocycles. The molecule has 1 aromatic rings. The lowest BCUT2D eigenvalue weighted by molar-refractivity contribution is 0.642. The summed E-state index contributed by atoms with van der Waals surface area (Å²) in [7, 11) is 0. The Morgan fingerprint density at radius 3 is 2.38 bits per heavy atom. The Balaban J connectivity index is 2.58. The van der Waals surface area contributed by atoms with Crippen molar-refractivity contribution >= 4 is 0 Å². The van der Waals surface area contributed by atoms with Gasteiger partial charge in [-0.2, -0.15) is 0 Å². The van der Waals surface area contributed by atoms with Crippen molar-refractivity contribution in [2.24, 2.45) is 5.73 Å². The molecule has 0 radical (unpaired) electrons. The minimum atomic E-state index is 0.232. The summed E-state index contributed by atoms with van der Waals surface area (Å²) in [5, 5.41) is 0. The minimum Gasteiger partial charge on any atom is -0.327 e. The van der Waals surface area contributed by atoms with Crippen LogP contribution in [0.4, 0.5) is 0 Å². The van der Waals surface area contributed by atoms with Gasteiger partial charge in [0.2, 0.25) is 0 Å². The SMILES string of the molecule is CCc1ncc(CC(N)CC)cn1. The van der Waals surface area contributed by atoms with E-state index in [4.69, 9.17) is 5.73 Å². The first-order valence-corrected chi connectivity index (χ1v) is 4.81. The summed E-state index contributed by atoms with van der Waals surface area (Å²) < 4.78 is 0. The summed E-state index contributed by atoms with van der Waals surface area (Å²) in [4.78, 5) is 8.44. The molecule has 0 aliphatic rings. The van der Waals surface area contributed by atoms with Gasteiger partial charge in [0.15, 0.2) is 0 Å². The Hall–Kier alpha value is -0.960. The highest BCUT2D eigenvalue weighted by Gasteiger charge is 2.01. The zero-order valence-corrected chi connectivity index (χ0v) is 8.33. The number of aromatic nitrogens is 2. The number of rotatable bonds is 4. The van der Waals surface area contributed by atoms with Gasteiger partial charge in [-0.25, -0.2) is 9.97 Å². The van der Waals surface area contributed by atoms with E-state index in [9.17, 15) is 0 Å². The van der Waals surface area contributed by atoms with Crippen molar-refractivity contribution in [3.63, 3.8) is 0 Å². The summed E-state index contributed by atoms with van der Waals surface area (Å²) in [6.45, 7) is 4.14. The molecule has 0 fully saturated rings. The first kappa shape index (κ1) is 10.1. The van der Waals surface area contributed by atoms with Crippen LogP contribution in [-0.4, -0.2) is 16.0 Å². The second-order valence-corrected chi connectivity index (χ2v) is 3.23. The normalized spacial score (nSPS) is 12.8.